The number of carbonyl (C=O) groups excluding carboxylic acids is 2. The highest BCUT2D eigenvalue weighted by Gasteiger charge is 2.08. The summed E-state index contributed by atoms with van der Waals surface area (Å²) in [4.78, 5) is 23.1. The summed E-state index contributed by atoms with van der Waals surface area (Å²) in [6.07, 6.45) is 2.95. The zero-order chi connectivity index (χ0) is 16.1. The fraction of sp³-hybridized carbons (Fsp3) is 0. The number of halogens is 2. The maximum atomic E-state index is 11.9. The molecule has 0 aliphatic heterocycles. The highest BCUT2D eigenvalue weighted by atomic mass is 35.5. The van der Waals surface area contributed by atoms with Gasteiger partial charge in [-0.2, -0.15) is 0 Å². The highest BCUT2D eigenvalue weighted by Crippen LogP contribution is 2.20. The molecule has 0 atom stereocenters. The fourth-order valence-electron chi connectivity index (χ4n) is 1.75. The molecule has 2 rings (SSSR count). The summed E-state index contributed by atoms with van der Waals surface area (Å²) in [7, 11) is 0. The van der Waals surface area contributed by atoms with Crippen molar-refractivity contribution < 1.29 is 9.59 Å². The Hall–Kier alpha value is -2.30. The Morgan fingerprint density at radius 3 is 2.45 bits per heavy atom. The van der Waals surface area contributed by atoms with Crippen molar-refractivity contribution in [3.05, 3.63) is 69.7 Å². The normalized spacial score (nSPS) is 10.6. The van der Waals surface area contributed by atoms with Gasteiger partial charge in [0, 0.05) is 16.8 Å². The predicted molar refractivity (Wildman–Crippen MR) is 89.1 cm³/mol. The van der Waals surface area contributed by atoms with Crippen LogP contribution in [0.15, 0.2) is 48.5 Å². The molecule has 3 N–H and O–H groups in total. The van der Waals surface area contributed by atoms with Crippen molar-refractivity contribution in [3.63, 3.8) is 0 Å². The fourth-order valence-corrected chi connectivity index (χ4v) is 2.16. The Balaban J connectivity index is 2.11. The first-order valence-electron chi connectivity index (χ1n) is 6.30. The second kappa shape index (κ2) is 7.11. The predicted octanol–water partition coefficient (Wildman–Crippen LogP) is 3.74. The minimum absolute atomic E-state index is 0.148. The van der Waals surface area contributed by atoms with Crippen LogP contribution in [0.5, 0.6) is 0 Å². The number of rotatable bonds is 4. The summed E-state index contributed by atoms with van der Waals surface area (Å²) in [5.41, 5.74) is 6.50. The Morgan fingerprint density at radius 2 is 1.77 bits per heavy atom. The lowest BCUT2D eigenvalue weighted by Crippen LogP contribution is -2.13. The van der Waals surface area contributed by atoms with Crippen LogP contribution in [0.25, 0.3) is 6.08 Å². The molecule has 0 saturated carbocycles. The Bertz CT molecular complexity index is 758. The number of nitrogens with one attached hydrogen (secondary N) is 1. The van der Waals surface area contributed by atoms with Crippen LogP contribution in [-0.4, -0.2) is 11.8 Å². The minimum atomic E-state index is -0.660. The minimum Gasteiger partial charge on any atom is -0.366 e. The summed E-state index contributed by atoms with van der Waals surface area (Å²) in [5.74, 6) is -1.02. The molecular weight excluding hydrogens is 323 g/mol. The smallest absolute Gasteiger partial charge is 0.250 e. The van der Waals surface area contributed by atoms with E-state index in [0.717, 1.165) is 5.56 Å². The Labute approximate surface area is 137 Å². The van der Waals surface area contributed by atoms with E-state index in [1.807, 2.05) is 6.07 Å². The second-order valence-electron chi connectivity index (χ2n) is 4.40. The van der Waals surface area contributed by atoms with E-state index in [4.69, 9.17) is 28.9 Å². The van der Waals surface area contributed by atoms with Crippen LogP contribution in [0, 0.1) is 0 Å². The molecule has 0 saturated heterocycles. The van der Waals surface area contributed by atoms with E-state index in [1.54, 1.807) is 30.3 Å². The summed E-state index contributed by atoms with van der Waals surface area (Å²) in [5, 5.41) is 3.40. The van der Waals surface area contributed by atoms with E-state index in [-0.39, 0.29) is 16.5 Å². The highest BCUT2D eigenvalue weighted by molar-refractivity contribution is 6.34. The van der Waals surface area contributed by atoms with Gasteiger partial charge >= 0.3 is 0 Å². The number of nitrogens with two attached hydrogens (primary N) is 1. The quantitative estimate of drug-likeness (QED) is 0.836. The molecule has 0 heterocycles. The van der Waals surface area contributed by atoms with Gasteiger partial charge in [0.2, 0.25) is 11.8 Å². The van der Waals surface area contributed by atoms with Crippen molar-refractivity contribution in [1.29, 1.82) is 0 Å². The van der Waals surface area contributed by atoms with Crippen LogP contribution in [0.3, 0.4) is 0 Å². The van der Waals surface area contributed by atoms with E-state index in [1.165, 1.54) is 18.2 Å². The molecule has 0 fully saturated rings. The zero-order valence-corrected chi connectivity index (χ0v) is 12.9. The van der Waals surface area contributed by atoms with Crippen molar-refractivity contribution in [1.82, 2.24) is 0 Å². The van der Waals surface area contributed by atoms with Crippen LogP contribution in [0.1, 0.15) is 15.9 Å². The van der Waals surface area contributed by atoms with Gasteiger partial charge in [-0.25, -0.2) is 0 Å². The third kappa shape index (κ3) is 4.10. The SMILES string of the molecule is NC(=O)c1cc(NC(=O)/C=C/c2ccccc2Cl)ccc1Cl. The van der Waals surface area contributed by atoms with Gasteiger partial charge in [0.15, 0.2) is 0 Å². The largest absolute Gasteiger partial charge is 0.366 e. The zero-order valence-electron chi connectivity index (χ0n) is 11.3. The van der Waals surface area contributed by atoms with Crippen molar-refractivity contribution in [2.24, 2.45) is 5.73 Å². The molecule has 0 bridgehead atoms. The molecule has 0 radical (unpaired) electrons. The van der Waals surface area contributed by atoms with Gasteiger partial charge in [-0.3, -0.25) is 9.59 Å². The first kappa shape index (κ1) is 16.1. The molecule has 22 heavy (non-hydrogen) atoms. The second-order valence-corrected chi connectivity index (χ2v) is 5.22. The molecular formula is C16H12Cl2N2O2. The van der Waals surface area contributed by atoms with Gasteiger partial charge < -0.3 is 11.1 Å². The van der Waals surface area contributed by atoms with Gasteiger partial charge in [-0.1, -0.05) is 41.4 Å². The number of primary amides is 1. The molecule has 0 aliphatic rings. The number of benzene rings is 2. The third-order valence-corrected chi connectivity index (χ3v) is 3.49. The van der Waals surface area contributed by atoms with E-state index >= 15 is 0 Å². The van der Waals surface area contributed by atoms with Gasteiger partial charge in [0.1, 0.15) is 0 Å². The van der Waals surface area contributed by atoms with E-state index in [0.29, 0.717) is 10.7 Å². The van der Waals surface area contributed by atoms with E-state index in [2.05, 4.69) is 5.32 Å². The molecule has 2 aromatic carbocycles. The molecule has 112 valence electrons. The number of hydrogen-bond acceptors (Lipinski definition) is 2. The van der Waals surface area contributed by atoms with Gasteiger partial charge in [0.05, 0.1) is 10.6 Å². The van der Waals surface area contributed by atoms with Gasteiger partial charge in [-0.15, -0.1) is 0 Å². The van der Waals surface area contributed by atoms with Gasteiger partial charge in [0.25, 0.3) is 0 Å². The van der Waals surface area contributed by atoms with E-state index in [9.17, 15) is 9.59 Å². The average molecular weight is 335 g/mol. The lowest BCUT2D eigenvalue weighted by Gasteiger charge is -2.05. The maximum absolute atomic E-state index is 11.9. The molecule has 2 amide bonds. The maximum Gasteiger partial charge on any atom is 0.250 e. The first-order valence-corrected chi connectivity index (χ1v) is 7.06. The topological polar surface area (TPSA) is 72.2 Å². The molecule has 0 unspecified atom stereocenters. The number of anilines is 1. The molecule has 0 aromatic heterocycles. The molecule has 2 aromatic rings. The van der Waals surface area contributed by atoms with Crippen LogP contribution >= 0.6 is 23.2 Å². The average Bonchev–Trinajstić information content (AvgIpc) is 2.48. The van der Waals surface area contributed by atoms with Crippen molar-refractivity contribution >= 4 is 46.8 Å². The van der Waals surface area contributed by atoms with Crippen molar-refractivity contribution in [3.8, 4) is 0 Å². The Kier molecular flexibility index (Phi) is 5.20. The van der Waals surface area contributed by atoms with Crippen LogP contribution in [0.2, 0.25) is 10.0 Å². The summed E-state index contributed by atoms with van der Waals surface area (Å²) < 4.78 is 0. The summed E-state index contributed by atoms with van der Waals surface area (Å²) >= 11 is 11.8. The lowest BCUT2D eigenvalue weighted by atomic mass is 10.2. The Morgan fingerprint density at radius 1 is 1.05 bits per heavy atom. The van der Waals surface area contributed by atoms with Crippen LogP contribution < -0.4 is 11.1 Å². The van der Waals surface area contributed by atoms with E-state index < -0.39 is 5.91 Å². The summed E-state index contributed by atoms with van der Waals surface area (Å²) in [6.45, 7) is 0. The standard InChI is InChI=1S/C16H12Cl2N2O2/c17-13-4-2-1-3-10(13)5-8-15(21)20-11-6-7-14(18)12(9-11)16(19)22/h1-9H,(H2,19,22)(H,20,21)/b8-5+. The third-order valence-electron chi connectivity index (χ3n) is 2.82. The van der Waals surface area contributed by atoms with Crippen LogP contribution in [0.4, 0.5) is 5.69 Å². The van der Waals surface area contributed by atoms with Crippen molar-refractivity contribution in [2.45, 2.75) is 0 Å². The molecule has 6 heteroatoms. The molecule has 0 aliphatic carbocycles. The first-order chi connectivity index (χ1) is 10.5. The van der Waals surface area contributed by atoms with Crippen LogP contribution in [-0.2, 0) is 4.79 Å². The molecule has 0 spiro atoms. The van der Waals surface area contributed by atoms with Gasteiger partial charge in [-0.05, 0) is 35.9 Å². The van der Waals surface area contributed by atoms with Crippen molar-refractivity contribution in [2.75, 3.05) is 5.32 Å². The lowest BCUT2D eigenvalue weighted by molar-refractivity contribution is -0.111. The number of amides is 2. The number of carbonyl (C=O) groups is 2. The molecule has 4 nitrogen and oxygen atoms in total. The monoisotopic (exact) mass is 334 g/mol. The number of hydrogen-bond donors (Lipinski definition) is 2. The summed E-state index contributed by atoms with van der Waals surface area (Å²) in [6, 6.07) is 11.6.